The Morgan fingerprint density at radius 2 is 1.89 bits per heavy atom. The number of thiazole rings is 1. The molecule has 3 aromatic rings. The van der Waals surface area contributed by atoms with Gasteiger partial charge in [-0.25, -0.2) is 27.4 Å². The second-order valence-corrected chi connectivity index (χ2v) is 12.0. The molecule has 0 spiro atoms. The molecular weight excluding hydrogens is 493 g/mol. The van der Waals surface area contributed by atoms with E-state index >= 15 is 0 Å². The van der Waals surface area contributed by atoms with E-state index < -0.39 is 27.7 Å². The van der Waals surface area contributed by atoms with Crippen LogP contribution in [0.4, 0.5) is 14.9 Å². The molecule has 0 aliphatic carbocycles. The molecule has 4 rings (SSSR count). The molecule has 2 amide bonds. The fourth-order valence-corrected chi connectivity index (χ4v) is 5.98. The highest BCUT2D eigenvalue weighted by atomic mass is 32.2. The Kier molecular flexibility index (Phi) is 7.09. The van der Waals surface area contributed by atoms with Gasteiger partial charge in [-0.1, -0.05) is 19.9 Å². The molecule has 0 radical (unpaired) electrons. The van der Waals surface area contributed by atoms with Crippen LogP contribution in [0.2, 0.25) is 0 Å². The van der Waals surface area contributed by atoms with E-state index in [0.717, 1.165) is 21.3 Å². The van der Waals surface area contributed by atoms with Crippen molar-refractivity contribution in [2.75, 3.05) is 36.6 Å². The summed E-state index contributed by atoms with van der Waals surface area (Å²) in [6.45, 7) is 4.15. The van der Waals surface area contributed by atoms with Gasteiger partial charge in [0.25, 0.3) is 0 Å². The number of halogens is 1. The largest absolute Gasteiger partial charge is 0.465 e. The molecule has 2 aromatic carbocycles. The number of esters is 1. The van der Waals surface area contributed by atoms with E-state index in [1.54, 1.807) is 6.07 Å². The second kappa shape index (κ2) is 9.90. The zero-order valence-electron chi connectivity index (χ0n) is 19.7. The number of sulfone groups is 1. The average molecular weight is 520 g/mol. The molecule has 0 unspecified atom stereocenters. The van der Waals surface area contributed by atoms with Gasteiger partial charge in [-0.3, -0.25) is 4.90 Å². The minimum atomic E-state index is -3.18. The first-order chi connectivity index (χ1) is 16.6. The minimum absolute atomic E-state index is 0.0696. The minimum Gasteiger partial charge on any atom is -0.465 e. The van der Waals surface area contributed by atoms with E-state index in [1.165, 1.54) is 40.4 Å². The highest BCUT2D eigenvalue weighted by molar-refractivity contribution is 7.91. The normalized spacial score (nSPS) is 15.4. The third kappa shape index (κ3) is 5.46. The maximum atomic E-state index is 14.9. The van der Waals surface area contributed by atoms with Crippen LogP contribution in [0.1, 0.15) is 40.7 Å². The number of hydrogen-bond donors (Lipinski definition) is 0. The molecule has 35 heavy (non-hydrogen) atoms. The Morgan fingerprint density at radius 1 is 1.17 bits per heavy atom. The quantitative estimate of drug-likeness (QED) is 0.469. The van der Waals surface area contributed by atoms with E-state index in [-0.39, 0.29) is 48.2 Å². The Balaban J connectivity index is 1.70. The number of aromatic nitrogens is 1. The lowest BCUT2D eigenvalue weighted by atomic mass is 10.1. The second-order valence-electron chi connectivity index (χ2n) is 8.66. The number of amides is 2. The number of benzene rings is 2. The molecule has 1 fully saturated rings. The average Bonchev–Trinajstić information content (AvgIpc) is 3.26. The number of methoxy groups -OCH3 is 1. The summed E-state index contributed by atoms with van der Waals surface area (Å²) >= 11 is 1.53. The fraction of sp³-hybridized carbons (Fsp3) is 0.375. The highest BCUT2D eigenvalue weighted by Crippen LogP contribution is 2.32. The molecule has 186 valence electrons. The van der Waals surface area contributed by atoms with Gasteiger partial charge in [0, 0.05) is 30.3 Å². The predicted octanol–water partition coefficient (Wildman–Crippen LogP) is 4.20. The van der Waals surface area contributed by atoms with Crippen molar-refractivity contribution in [3.63, 3.8) is 0 Å². The van der Waals surface area contributed by atoms with Crippen molar-refractivity contribution in [2.45, 2.75) is 26.3 Å². The van der Waals surface area contributed by atoms with Gasteiger partial charge in [-0.2, -0.15) is 0 Å². The topological polar surface area (TPSA) is 96.9 Å². The van der Waals surface area contributed by atoms with Crippen LogP contribution >= 0.6 is 11.3 Å². The summed E-state index contributed by atoms with van der Waals surface area (Å²) in [4.78, 5) is 32.8. The molecular formula is C24H26FN3O5S2. The van der Waals surface area contributed by atoms with E-state index in [1.807, 2.05) is 12.1 Å². The number of rotatable bonds is 5. The number of ether oxygens (including phenoxy) is 1. The van der Waals surface area contributed by atoms with E-state index in [4.69, 9.17) is 0 Å². The van der Waals surface area contributed by atoms with Gasteiger partial charge in [0.05, 0.1) is 45.9 Å². The lowest BCUT2D eigenvalue weighted by Crippen LogP contribution is -2.49. The van der Waals surface area contributed by atoms with Crippen LogP contribution in [-0.2, 0) is 21.1 Å². The van der Waals surface area contributed by atoms with Crippen LogP contribution in [0.25, 0.3) is 10.2 Å². The first-order valence-corrected chi connectivity index (χ1v) is 13.8. The Labute approximate surface area is 207 Å². The molecule has 0 atom stereocenters. The van der Waals surface area contributed by atoms with Crippen molar-refractivity contribution < 1.29 is 27.1 Å². The highest BCUT2D eigenvalue weighted by Gasteiger charge is 2.30. The number of hydrogen-bond acceptors (Lipinski definition) is 7. The summed E-state index contributed by atoms with van der Waals surface area (Å²) in [6.07, 6.45) is 0. The zero-order valence-corrected chi connectivity index (χ0v) is 21.3. The van der Waals surface area contributed by atoms with Crippen molar-refractivity contribution in [3.8, 4) is 0 Å². The van der Waals surface area contributed by atoms with Gasteiger partial charge >= 0.3 is 12.0 Å². The van der Waals surface area contributed by atoms with Crippen molar-refractivity contribution in [2.24, 2.45) is 0 Å². The van der Waals surface area contributed by atoms with Gasteiger partial charge in [-0.05, 0) is 30.3 Å². The van der Waals surface area contributed by atoms with E-state index in [9.17, 15) is 22.4 Å². The number of fused-ring (bicyclic) bond motifs is 1. The summed E-state index contributed by atoms with van der Waals surface area (Å²) in [6, 6.07) is 8.99. The van der Waals surface area contributed by atoms with Gasteiger partial charge in [0.1, 0.15) is 5.82 Å². The molecule has 0 N–H and O–H groups in total. The van der Waals surface area contributed by atoms with Gasteiger partial charge in [0.2, 0.25) is 0 Å². The molecule has 1 aromatic heterocycles. The SMILES string of the molecule is COC(=O)c1ccc(CN(C(=O)N2CCS(=O)(=O)CC2)c2ccc3nc(C(C)C)sc3c2)c(F)c1. The van der Waals surface area contributed by atoms with Crippen LogP contribution in [0.3, 0.4) is 0 Å². The summed E-state index contributed by atoms with van der Waals surface area (Å²) in [5, 5.41) is 0.973. The van der Waals surface area contributed by atoms with Crippen molar-refractivity contribution >= 4 is 49.1 Å². The summed E-state index contributed by atoms with van der Waals surface area (Å²) in [5.74, 6) is -1.27. The maximum Gasteiger partial charge on any atom is 0.337 e. The Morgan fingerprint density at radius 3 is 2.51 bits per heavy atom. The number of urea groups is 1. The van der Waals surface area contributed by atoms with Crippen LogP contribution in [-0.4, -0.2) is 62.0 Å². The van der Waals surface area contributed by atoms with Crippen LogP contribution in [0, 0.1) is 5.82 Å². The molecule has 8 nitrogen and oxygen atoms in total. The smallest absolute Gasteiger partial charge is 0.337 e. The monoisotopic (exact) mass is 519 g/mol. The summed E-state index contributed by atoms with van der Waals surface area (Å²) in [5.41, 5.74) is 1.64. The van der Waals surface area contributed by atoms with Crippen molar-refractivity contribution in [1.29, 1.82) is 0 Å². The van der Waals surface area contributed by atoms with E-state index in [0.29, 0.717) is 5.69 Å². The van der Waals surface area contributed by atoms with Crippen molar-refractivity contribution in [1.82, 2.24) is 9.88 Å². The molecule has 11 heteroatoms. The van der Waals surface area contributed by atoms with Gasteiger partial charge in [-0.15, -0.1) is 11.3 Å². The Bertz CT molecular complexity index is 1370. The van der Waals surface area contributed by atoms with Crippen LogP contribution in [0.15, 0.2) is 36.4 Å². The maximum absolute atomic E-state index is 14.9. The van der Waals surface area contributed by atoms with E-state index in [2.05, 4.69) is 23.6 Å². The molecule has 1 aliphatic rings. The Hall–Kier alpha value is -3.05. The lowest BCUT2D eigenvalue weighted by molar-refractivity contribution is 0.0600. The third-order valence-electron chi connectivity index (χ3n) is 5.84. The predicted molar refractivity (Wildman–Crippen MR) is 133 cm³/mol. The third-order valence-corrected chi connectivity index (χ3v) is 8.77. The molecule has 2 heterocycles. The van der Waals surface area contributed by atoms with Crippen molar-refractivity contribution in [3.05, 3.63) is 58.3 Å². The molecule has 1 aliphatic heterocycles. The summed E-state index contributed by atoms with van der Waals surface area (Å²) in [7, 11) is -1.96. The molecule has 1 saturated heterocycles. The van der Waals surface area contributed by atoms with Crippen LogP contribution in [0.5, 0.6) is 0 Å². The lowest BCUT2D eigenvalue weighted by Gasteiger charge is -2.33. The number of carbonyl (C=O) groups is 2. The standard InChI is InChI=1S/C24H26FN3O5S2/c1-15(2)22-26-20-7-6-18(13-21(20)34-22)28(24(30)27-8-10-35(31,32)11-9-27)14-17-5-4-16(12-19(17)25)23(29)33-3/h4-7,12-13,15H,8-11,14H2,1-3H3. The number of carbonyl (C=O) groups excluding carboxylic acids is 2. The number of nitrogens with zero attached hydrogens (tertiary/aromatic N) is 3. The number of anilines is 1. The first-order valence-electron chi connectivity index (χ1n) is 11.1. The van der Waals surface area contributed by atoms with Crippen LogP contribution < -0.4 is 4.90 Å². The fourth-order valence-electron chi connectivity index (χ4n) is 3.78. The molecule has 0 bridgehead atoms. The first kappa shape index (κ1) is 25.1. The summed E-state index contributed by atoms with van der Waals surface area (Å²) < 4.78 is 44.2. The zero-order chi connectivity index (χ0) is 25.3. The van der Waals surface area contributed by atoms with Gasteiger partial charge in [0.15, 0.2) is 9.84 Å². The molecule has 0 saturated carbocycles. The van der Waals surface area contributed by atoms with Gasteiger partial charge < -0.3 is 9.64 Å².